The predicted octanol–water partition coefficient (Wildman–Crippen LogP) is 5.65. The molecule has 3 atom stereocenters. The monoisotopic (exact) mass is 411 g/mol. The molecule has 1 N–H and O–H groups in total. The molecule has 31 heavy (non-hydrogen) atoms. The molecular weight excluding hydrogens is 382 g/mol. The summed E-state index contributed by atoms with van der Waals surface area (Å²) in [4.78, 5) is 15.7. The number of carbonyl (C=O) groups excluding carboxylic acids is 1. The third kappa shape index (κ3) is 3.68. The standard InChI is InChI=1S/C28H29NO2/c30-27(23-13-9-12-22(20-23)21-10-3-1-4-11-21)29-19-18-28(31,24-14-5-2-6-15-24)25-16-7-8-17-26(25)29/h1-6,9-15,20,25-26,31H,7-8,16-19H2/t25-,26+,28?/m0/s1. The van der Waals surface area contributed by atoms with Gasteiger partial charge in [-0.1, -0.05) is 85.6 Å². The van der Waals surface area contributed by atoms with E-state index >= 15 is 0 Å². The summed E-state index contributed by atoms with van der Waals surface area (Å²) in [7, 11) is 0. The number of fused-ring (bicyclic) bond motifs is 1. The van der Waals surface area contributed by atoms with Crippen molar-refractivity contribution < 1.29 is 9.90 Å². The van der Waals surface area contributed by atoms with Crippen LogP contribution in [0, 0.1) is 5.92 Å². The van der Waals surface area contributed by atoms with E-state index in [1.54, 1.807) is 0 Å². The molecule has 1 aliphatic carbocycles. The van der Waals surface area contributed by atoms with E-state index in [-0.39, 0.29) is 17.9 Å². The first-order chi connectivity index (χ1) is 15.2. The minimum absolute atomic E-state index is 0.0821. The van der Waals surface area contributed by atoms with Gasteiger partial charge in [0.05, 0.1) is 5.60 Å². The van der Waals surface area contributed by atoms with E-state index in [1.165, 1.54) is 0 Å². The van der Waals surface area contributed by atoms with E-state index < -0.39 is 5.60 Å². The summed E-state index contributed by atoms with van der Waals surface area (Å²) in [5.74, 6) is 0.170. The van der Waals surface area contributed by atoms with Crippen molar-refractivity contribution in [3.8, 4) is 11.1 Å². The second kappa shape index (κ2) is 8.32. The zero-order chi connectivity index (χ0) is 21.3. The van der Waals surface area contributed by atoms with Gasteiger partial charge in [0.2, 0.25) is 0 Å². The van der Waals surface area contributed by atoms with Gasteiger partial charge >= 0.3 is 0 Å². The van der Waals surface area contributed by atoms with Crippen LogP contribution >= 0.6 is 0 Å². The lowest BCUT2D eigenvalue weighted by Gasteiger charge is -2.52. The number of amides is 1. The molecule has 1 saturated carbocycles. The Morgan fingerprint density at radius 1 is 0.839 bits per heavy atom. The highest BCUT2D eigenvalue weighted by Gasteiger charge is 2.50. The van der Waals surface area contributed by atoms with Crippen molar-refractivity contribution in [1.29, 1.82) is 0 Å². The number of benzene rings is 3. The summed E-state index contributed by atoms with van der Waals surface area (Å²) >= 11 is 0. The Balaban J connectivity index is 1.44. The van der Waals surface area contributed by atoms with Crippen LogP contribution in [0.3, 0.4) is 0 Å². The smallest absolute Gasteiger partial charge is 0.254 e. The SMILES string of the molecule is O=C(c1cccc(-c2ccccc2)c1)N1CCC(O)(c2ccccc2)[C@H]2CCCC[C@H]21. The van der Waals surface area contributed by atoms with Crippen molar-refractivity contribution in [2.24, 2.45) is 5.92 Å². The Morgan fingerprint density at radius 2 is 1.52 bits per heavy atom. The molecule has 3 aromatic rings. The average Bonchev–Trinajstić information content (AvgIpc) is 2.85. The average molecular weight is 412 g/mol. The highest BCUT2D eigenvalue weighted by molar-refractivity contribution is 5.95. The Bertz CT molecular complexity index is 1050. The van der Waals surface area contributed by atoms with Crippen molar-refractivity contribution in [2.45, 2.75) is 43.7 Å². The maximum atomic E-state index is 13.6. The second-order valence-corrected chi connectivity index (χ2v) is 8.94. The topological polar surface area (TPSA) is 40.5 Å². The molecule has 0 radical (unpaired) electrons. The first kappa shape index (κ1) is 20.0. The molecule has 1 amide bonds. The van der Waals surface area contributed by atoms with Gasteiger partial charge in [-0.15, -0.1) is 0 Å². The van der Waals surface area contributed by atoms with Gasteiger partial charge in [0, 0.05) is 24.1 Å². The van der Waals surface area contributed by atoms with Gasteiger partial charge in [0.1, 0.15) is 0 Å². The van der Waals surface area contributed by atoms with Crippen LogP contribution in [0.15, 0.2) is 84.9 Å². The van der Waals surface area contributed by atoms with Gasteiger partial charge < -0.3 is 10.0 Å². The number of piperidine rings is 1. The Kier molecular flexibility index (Phi) is 5.37. The van der Waals surface area contributed by atoms with E-state index in [2.05, 4.69) is 18.2 Å². The van der Waals surface area contributed by atoms with Crippen LogP contribution in [0.5, 0.6) is 0 Å². The Hall–Kier alpha value is -2.91. The maximum absolute atomic E-state index is 13.6. The molecule has 3 nitrogen and oxygen atoms in total. The fourth-order valence-corrected chi connectivity index (χ4v) is 5.65. The third-order valence-electron chi connectivity index (χ3n) is 7.23. The van der Waals surface area contributed by atoms with Crippen LogP contribution in [-0.2, 0) is 5.60 Å². The molecule has 1 aliphatic heterocycles. The van der Waals surface area contributed by atoms with Gasteiger partial charge in [0.25, 0.3) is 5.91 Å². The van der Waals surface area contributed by atoms with Gasteiger partial charge in [-0.05, 0) is 48.1 Å². The van der Waals surface area contributed by atoms with Gasteiger partial charge in [0.15, 0.2) is 0 Å². The Morgan fingerprint density at radius 3 is 2.29 bits per heavy atom. The van der Waals surface area contributed by atoms with Crippen molar-refractivity contribution >= 4 is 5.91 Å². The molecule has 1 saturated heterocycles. The summed E-state index contributed by atoms with van der Waals surface area (Å²) in [6.07, 6.45) is 4.73. The van der Waals surface area contributed by atoms with Crippen LogP contribution in [0.4, 0.5) is 0 Å². The molecule has 0 spiro atoms. The summed E-state index contributed by atoms with van der Waals surface area (Å²) in [5.41, 5.74) is 3.05. The fourth-order valence-electron chi connectivity index (χ4n) is 5.65. The van der Waals surface area contributed by atoms with E-state index in [0.29, 0.717) is 13.0 Å². The van der Waals surface area contributed by atoms with Crippen LogP contribution in [0.1, 0.15) is 48.0 Å². The minimum atomic E-state index is -0.852. The Labute approximate surface area is 184 Å². The summed E-state index contributed by atoms with van der Waals surface area (Å²) in [5, 5.41) is 11.8. The highest BCUT2D eigenvalue weighted by atomic mass is 16.3. The molecule has 3 aromatic carbocycles. The fraction of sp³-hybridized carbons (Fsp3) is 0.321. The number of hydrogen-bond donors (Lipinski definition) is 1. The number of hydrogen-bond acceptors (Lipinski definition) is 2. The van der Waals surface area contributed by atoms with Crippen LogP contribution < -0.4 is 0 Å². The minimum Gasteiger partial charge on any atom is -0.385 e. The number of nitrogens with zero attached hydrogens (tertiary/aromatic N) is 1. The molecule has 2 aliphatic rings. The van der Waals surface area contributed by atoms with E-state index in [0.717, 1.165) is 47.9 Å². The number of rotatable bonds is 3. The zero-order valence-electron chi connectivity index (χ0n) is 17.8. The molecule has 2 fully saturated rings. The molecule has 5 rings (SSSR count). The molecule has 1 unspecified atom stereocenters. The van der Waals surface area contributed by atoms with Gasteiger partial charge in [-0.25, -0.2) is 0 Å². The van der Waals surface area contributed by atoms with E-state index in [4.69, 9.17) is 0 Å². The lowest BCUT2D eigenvalue weighted by molar-refractivity contribution is -0.110. The molecular formula is C28H29NO2. The van der Waals surface area contributed by atoms with Crippen LogP contribution in [-0.4, -0.2) is 28.5 Å². The summed E-state index contributed by atoms with van der Waals surface area (Å²) in [6.45, 7) is 0.584. The largest absolute Gasteiger partial charge is 0.385 e. The van der Waals surface area contributed by atoms with E-state index in [9.17, 15) is 9.90 Å². The van der Waals surface area contributed by atoms with Crippen molar-refractivity contribution in [1.82, 2.24) is 4.90 Å². The predicted molar refractivity (Wildman–Crippen MR) is 124 cm³/mol. The first-order valence-corrected chi connectivity index (χ1v) is 11.4. The van der Waals surface area contributed by atoms with Crippen molar-refractivity contribution in [3.63, 3.8) is 0 Å². The number of aliphatic hydroxyl groups is 1. The number of likely N-dealkylation sites (tertiary alicyclic amines) is 1. The third-order valence-corrected chi connectivity index (χ3v) is 7.23. The summed E-state index contributed by atoms with van der Waals surface area (Å²) in [6, 6.07) is 28.3. The van der Waals surface area contributed by atoms with Gasteiger partial charge in [-0.2, -0.15) is 0 Å². The van der Waals surface area contributed by atoms with Crippen molar-refractivity contribution in [2.75, 3.05) is 6.54 Å². The van der Waals surface area contributed by atoms with E-state index in [1.807, 2.05) is 71.6 Å². The van der Waals surface area contributed by atoms with Crippen molar-refractivity contribution in [3.05, 3.63) is 96.1 Å². The summed E-state index contributed by atoms with van der Waals surface area (Å²) < 4.78 is 0. The molecule has 1 heterocycles. The quantitative estimate of drug-likeness (QED) is 0.605. The molecule has 0 aromatic heterocycles. The van der Waals surface area contributed by atoms with Gasteiger partial charge in [-0.3, -0.25) is 4.79 Å². The molecule has 0 bridgehead atoms. The van der Waals surface area contributed by atoms with Crippen LogP contribution in [0.25, 0.3) is 11.1 Å². The molecule has 158 valence electrons. The normalized spacial score (nSPS) is 25.6. The maximum Gasteiger partial charge on any atom is 0.254 e. The van der Waals surface area contributed by atoms with Crippen LogP contribution in [0.2, 0.25) is 0 Å². The first-order valence-electron chi connectivity index (χ1n) is 11.4. The zero-order valence-corrected chi connectivity index (χ0v) is 17.8. The molecule has 3 heteroatoms. The number of carbonyl (C=O) groups is 1. The highest BCUT2D eigenvalue weighted by Crippen LogP contribution is 2.47. The lowest BCUT2D eigenvalue weighted by atomic mass is 9.66. The lowest BCUT2D eigenvalue weighted by Crippen LogP contribution is -2.59. The second-order valence-electron chi connectivity index (χ2n) is 8.94.